The number of halogens is 1. The Morgan fingerprint density at radius 1 is 1.44 bits per heavy atom. The van der Waals surface area contributed by atoms with Gasteiger partial charge >= 0.3 is 0 Å². The minimum Gasteiger partial charge on any atom is -0.271 e. The van der Waals surface area contributed by atoms with Crippen molar-refractivity contribution in [1.29, 1.82) is 0 Å². The number of thioether (sulfide) groups is 1. The molecule has 2 nitrogen and oxygen atoms in total. The Labute approximate surface area is 121 Å². The van der Waals surface area contributed by atoms with Crippen LogP contribution in [0.2, 0.25) is 5.02 Å². The summed E-state index contributed by atoms with van der Waals surface area (Å²) in [7, 11) is 0. The highest BCUT2D eigenvalue weighted by Crippen LogP contribution is 2.32. The first kappa shape index (κ1) is 13.9. The van der Waals surface area contributed by atoms with Crippen molar-refractivity contribution in [1.82, 2.24) is 5.43 Å². The number of hydrogen-bond donors (Lipinski definition) is 2. The van der Waals surface area contributed by atoms with Crippen LogP contribution in [0.25, 0.3) is 0 Å². The van der Waals surface area contributed by atoms with E-state index in [9.17, 15) is 0 Å². The van der Waals surface area contributed by atoms with Crippen LogP contribution >= 0.6 is 34.7 Å². The lowest BCUT2D eigenvalue weighted by Gasteiger charge is -2.14. The second-order valence-electron chi connectivity index (χ2n) is 3.98. The van der Waals surface area contributed by atoms with E-state index < -0.39 is 0 Å². The van der Waals surface area contributed by atoms with Crippen LogP contribution in [0.1, 0.15) is 16.5 Å². The summed E-state index contributed by atoms with van der Waals surface area (Å²) >= 11 is 9.54. The average molecular weight is 299 g/mol. The Bertz CT molecular complexity index is 513. The van der Waals surface area contributed by atoms with Gasteiger partial charge in [0.1, 0.15) is 0 Å². The highest BCUT2D eigenvalue weighted by Gasteiger charge is 2.15. The first-order chi connectivity index (χ1) is 8.70. The van der Waals surface area contributed by atoms with Gasteiger partial charge in [0.15, 0.2) is 0 Å². The molecule has 2 aromatic rings. The van der Waals surface area contributed by atoms with Gasteiger partial charge in [-0.25, -0.2) is 0 Å². The molecule has 0 aliphatic heterocycles. The van der Waals surface area contributed by atoms with E-state index in [-0.39, 0.29) is 6.04 Å². The third kappa shape index (κ3) is 3.49. The predicted molar refractivity (Wildman–Crippen MR) is 81.3 cm³/mol. The zero-order valence-corrected chi connectivity index (χ0v) is 12.4. The predicted octanol–water partition coefficient (Wildman–Crippen LogP) is 4.01. The second-order valence-corrected chi connectivity index (χ2v) is 6.43. The molecule has 1 unspecified atom stereocenters. The van der Waals surface area contributed by atoms with Crippen LogP contribution in [0.3, 0.4) is 0 Å². The second kappa shape index (κ2) is 6.59. The average Bonchev–Trinajstić information content (AvgIpc) is 2.77. The van der Waals surface area contributed by atoms with Crippen molar-refractivity contribution in [2.24, 2.45) is 5.84 Å². The lowest BCUT2D eigenvalue weighted by molar-refractivity contribution is 0.620. The Kier molecular flexibility index (Phi) is 5.09. The minimum absolute atomic E-state index is 0.0861. The zero-order valence-electron chi connectivity index (χ0n) is 10.0. The van der Waals surface area contributed by atoms with E-state index in [4.69, 9.17) is 17.4 Å². The molecule has 1 aromatic carbocycles. The van der Waals surface area contributed by atoms with Gasteiger partial charge in [-0.1, -0.05) is 29.3 Å². The summed E-state index contributed by atoms with van der Waals surface area (Å²) in [6.07, 6.45) is 0. The molecule has 18 heavy (non-hydrogen) atoms. The largest absolute Gasteiger partial charge is 0.271 e. The van der Waals surface area contributed by atoms with Gasteiger partial charge in [0.05, 0.1) is 11.1 Å². The fourth-order valence-corrected chi connectivity index (χ4v) is 4.06. The fraction of sp³-hybridized carbons (Fsp3) is 0.231. The van der Waals surface area contributed by atoms with Crippen LogP contribution in [0.5, 0.6) is 0 Å². The monoisotopic (exact) mass is 298 g/mol. The van der Waals surface area contributed by atoms with Crippen molar-refractivity contribution in [2.75, 3.05) is 5.75 Å². The maximum atomic E-state index is 6.13. The molecule has 0 amide bonds. The molecule has 1 atom stereocenters. The molecular weight excluding hydrogens is 284 g/mol. The fourth-order valence-electron chi connectivity index (χ4n) is 1.64. The van der Waals surface area contributed by atoms with Crippen molar-refractivity contribution < 1.29 is 0 Å². The minimum atomic E-state index is 0.0861. The van der Waals surface area contributed by atoms with E-state index in [1.54, 1.807) is 23.1 Å². The number of nitrogens with two attached hydrogens (primary N) is 1. The highest BCUT2D eigenvalue weighted by molar-refractivity contribution is 7.99. The van der Waals surface area contributed by atoms with Crippen molar-refractivity contribution in [3.8, 4) is 0 Å². The Hall–Kier alpha value is -0.520. The highest BCUT2D eigenvalue weighted by atomic mass is 35.5. The first-order valence-corrected chi connectivity index (χ1v) is 7.83. The summed E-state index contributed by atoms with van der Waals surface area (Å²) in [5.41, 5.74) is 4.11. The van der Waals surface area contributed by atoms with Crippen LogP contribution in [0.4, 0.5) is 0 Å². The molecule has 3 N–H and O–H groups in total. The third-order valence-corrected chi connectivity index (χ3v) is 5.13. The Balaban J connectivity index is 2.02. The molecule has 0 radical (unpaired) electrons. The van der Waals surface area contributed by atoms with Crippen LogP contribution in [-0.2, 0) is 0 Å². The quantitative estimate of drug-likeness (QED) is 0.498. The molecule has 0 spiro atoms. The number of benzene rings is 1. The van der Waals surface area contributed by atoms with Crippen LogP contribution < -0.4 is 11.3 Å². The summed E-state index contributed by atoms with van der Waals surface area (Å²) < 4.78 is 0. The SMILES string of the molecule is Cc1cccc(SCC(NN)c2sccc2Cl)c1. The number of nitrogens with one attached hydrogen (secondary N) is 1. The number of aryl methyl sites for hydroxylation is 1. The third-order valence-electron chi connectivity index (χ3n) is 2.57. The summed E-state index contributed by atoms with van der Waals surface area (Å²) in [5.74, 6) is 6.47. The van der Waals surface area contributed by atoms with Crippen molar-refractivity contribution >= 4 is 34.7 Å². The van der Waals surface area contributed by atoms with Gasteiger partial charge in [0.2, 0.25) is 0 Å². The molecule has 0 saturated heterocycles. The van der Waals surface area contributed by atoms with Crippen molar-refractivity contribution in [3.05, 3.63) is 51.2 Å². The molecule has 5 heteroatoms. The Morgan fingerprint density at radius 2 is 2.28 bits per heavy atom. The normalized spacial score (nSPS) is 12.6. The van der Waals surface area contributed by atoms with E-state index in [1.165, 1.54) is 10.5 Å². The van der Waals surface area contributed by atoms with E-state index >= 15 is 0 Å². The molecule has 0 aliphatic carbocycles. The molecule has 0 bridgehead atoms. The molecule has 0 aliphatic rings. The molecule has 1 aromatic heterocycles. The summed E-state index contributed by atoms with van der Waals surface area (Å²) in [6, 6.07) is 10.4. The Morgan fingerprint density at radius 3 is 2.89 bits per heavy atom. The summed E-state index contributed by atoms with van der Waals surface area (Å²) in [6.45, 7) is 2.10. The van der Waals surface area contributed by atoms with Gasteiger partial charge in [0.25, 0.3) is 0 Å². The summed E-state index contributed by atoms with van der Waals surface area (Å²) in [4.78, 5) is 2.35. The van der Waals surface area contributed by atoms with E-state index in [1.807, 2.05) is 11.4 Å². The zero-order chi connectivity index (χ0) is 13.0. The van der Waals surface area contributed by atoms with E-state index in [2.05, 4.69) is 36.6 Å². The van der Waals surface area contributed by atoms with Gasteiger partial charge in [0, 0.05) is 15.5 Å². The number of rotatable bonds is 5. The van der Waals surface area contributed by atoms with Crippen molar-refractivity contribution in [2.45, 2.75) is 17.9 Å². The maximum Gasteiger partial charge on any atom is 0.0662 e. The number of hydrazine groups is 1. The van der Waals surface area contributed by atoms with E-state index in [0.29, 0.717) is 0 Å². The van der Waals surface area contributed by atoms with Gasteiger partial charge < -0.3 is 0 Å². The van der Waals surface area contributed by atoms with Crippen molar-refractivity contribution in [3.63, 3.8) is 0 Å². The van der Waals surface area contributed by atoms with Crippen LogP contribution in [0, 0.1) is 6.92 Å². The van der Waals surface area contributed by atoms with Crippen LogP contribution in [-0.4, -0.2) is 5.75 Å². The lowest BCUT2D eigenvalue weighted by Crippen LogP contribution is -2.29. The number of hydrogen-bond acceptors (Lipinski definition) is 4. The van der Waals surface area contributed by atoms with Gasteiger partial charge in [-0.15, -0.1) is 23.1 Å². The molecule has 1 heterocycles. The smallest absolute Gasteiger partial charge is 0.0662 e. The standard InChI is InChI=1S/C13H15ClN2S2/c1-9-3-2-4-10(7-9)18-8-12(16-15)13-11(14)5-6-17-13/h2-7,12,16H,8,15H2,1H3. The molecule has 0 saturated carbocycles. The van der Waals surface area contributed by atoms with Gasteiger partial charge in [-0.3, -0.25) is 11.3 Å². The van der Waals surface area contributed by atoms with Crippen LogP contribution in [0.15, 0.2) is 40.6 Å². The van der Waals surface area contributed by atoms with E-state index in [0.717, 1.165) is 15.7 Å². The molecule has 2 rings (SSSR count). The molecule has 96 valence electrons. The lowest BCUT2D eigenvalue weighted by atomic mass is 10.2. The topological polar surface area (TPSA) is 38.0 Å². The molecule has 0 fully saturated rings. The number of thiophene rings is 1. The van der Waals surface area contributed by atoms with Gasteiger partial charge in [-0.2, -0.15) is 0 Å². The van der Waals surface area contributed by atoms with Gasteiger partial charge in [-0.05, 0) is 30.5 Å². The molecular formula is C13H15ClN2S2. The first-order valence-electron chi connectivity index (χ1n) is 5.59. The summed E-state index contributed by atoms with van der Waals surface area (Å²) in [5, 5.41) is 2.77. The maximum absolute atomic E-state index is 6.13.